The van der Waals surface area contributed by atoms with Crippen LogP contribution in [0, 0.1) is 0 Å². The molecule has 1 unspecified atom stereocenters. The Morgan fingerprint density at radius 2 is 1.90 bits per heavy atom. The van der Waals surface area contributed by atoms with Crippen molar-refractivity contribution in [1.82, 2.24) is 9.97 Å². The van der Waals surface area contributed by atoms with Gasteiger partial charge in [-0.2, -0.15) is 4.98 Å². The van der Waals surface area contributed by atoms with Gasteiger partial charge in [-0.3, -0.25) is 0 Å². The number of nitrogens with one attached hydrogen (secondary N) is 2. The van der Waals surface area contributed by atoms with E-state index in [1.54, 1.807) is 6.20 Å². The van der Waals surface area contributed by atoms with Gasteiger partial charge < -0.3 is 10.6 Å². The summed E-state index contributed by atoms with van der Waals surface area (Å²) in [7, 11) is -2.88. The molecule has 2 N–H and O–H groups in total. The smallest absolute Gasteiger partial charge is 0.224 e. The third-order valence-electron chi connectivity index (χ3n) is 3.93. The fourth-order valence-corrected chi connectivity index (χ4v) is 4.55. The summed E-state index contributed by atoms with van der Waals surface area (Å²) in [6, 6.07) is 2.29. The Morgan fingerprint density at radius 3 is 2.60 bits per heavy atom. The van der Waals surface area contributed by atoms with Crippen molar-refractivity contribution in [2.75, 3.05) is 22.1 Å². The molecule has 7 heteroatoms. The summed E-state index contributed by atoms with van der Waals surface area (Å²) in [6.07, 6.45) is 7.25. The maximum Gasteiger partial charge on any atom is 0.224 e. The minimum absolute atomic E-state index is 0.0678. The normalized spacial score (nSPS) is 25.7. The number of hydrogen-bond donors (Lipinski definition) is 2. The van der Waals surface area contributed by atoms with Gasteiger partial charge in [0.1, 0.15) is 5.82 Å². The summed E-state index contributed by atoms with van der Waals surface area (Å²) < 4.78 is 22.9. The first-order valence-electron chi connectivity index (χ1n) is 7.17. The van der Waals surface area contributed by atoms with E-state index < -0.39 is 9.84 Å². The van der Waals surface area contributed by atoms with Crippen LogP contribution in [0.15, 0.2) is 12.3 Å². The van der Waals surface area contributed by atoms with E-state index in [1.165, 1.54) is 25.7 Å². The minimum Gasteiger partial charge on any atom is -0.367 e. The minimum atomic E-state index is -2.88. The van der Waals surface area contributed by atoms with Crippen LogP contribution in [-0.2, 0) is 9.84 Å². The van der Waals surface area contributed by atoms with Crippen LogP contribution in [0.25, 0.3) is 0 Å². The van der Waals surface area contributed by atoms with E-state index in [4.69, 9.17) is 0 Å². The van der Waals surface area contributed by atoms with Crippen LogP contribution in [0.1, 0.15) is 32.1 Å². The molecule has 0 radical (unpaired) electrons. The maximum absolute atomic E-state index is 11.4. The number of hydrogen-bond acceptors (Lipinski definition) is 6. The Kier molecular flexibility index (Phi) is 3.78. The van der Waals surface area contributed by atoms with Gasteiger partial charge in [-0.15, -0.1) is 0 Å². The average molecular weight is 296 g/mol. The fourth-order valence-electron chi connectivity index (χ4n) is 2.88. The predicted octanol–water partition coefficient (Wildman–Crippen LogP) is 1.43. The molecule has 2 fully saturated rings. The highest BCUT2D eigenvalue weighted by molar-refractivity contribution is 7.91. The van der Waals surface area contributed by atoms with Crippen molar-refractivity contribution in [1.29, 1.82) is 0 Å². The molecular weight excluding hydrogens is 276 g/mol. The van der Waals surface area contributed by atoms with E-state index >= 15 is 0 Å². The number of sulfone groups is 1. The number of rotatable bonds is 4. The molecule has 1 saturated carbocycles. The van der Waals surface area contributed by atoms with Crippen molar-refractivity contribution in [3.8, 4) is 0 Å². The van der Waals surface area contributed by atoms with Crippen LogP contribution in [0.2, 0.25) is 0 Å². The van der Waals surface area contributed by atoms with Gasteiger partial charge in [0.05, 0.1) is 11.5 Å². The molecule has 0 amide bonds. The molecule has 1 saturated heterocycles. The second-order valence-corrected chi connectivity index (χ2v) is 7.86. The predicted molar refractivity (Wildman–Crippen MR) is 78.6 cm³/mol. The summed E-state index contributed by atoms with van der Waals surface area (Å²) in [5, 5.41) is 6.53. The zero-order chi connectivity index (χ0) is 14.0. The molecule has 2 heterocycles. The Labute approximate surface area is 119 Å². The van der Waals surface area contributed by atoms with E-state index in [0.717, 1.165) is 5.82 Å². The second kappa shape index (κ2) is 5.55. The second-order valence-electron chi connectivity index (χ2n) is 5.64. The molecule has 1 aliphatic carbocycles. The monoisotopic (exact) mass is 296 g/mol. The highest BCUT2D eigenvalue weighted by atomic mass is 32.2. The molecule has 1 aromatic rings. The highest BCUT2D eigenvalue weighted by Gasteiger charge is 2.28. The maximum atomic E-state index is 11.4. The molecule has 1 aromatic heterocycles. The highest BCUT2D eigenvalue weighted by Crippen LogP contribution is 2.22. The van der Waals surface area contributed by atoms with Crippen LogP contribution in [0.5, 0.6) is 0 Å². The lowest BCUT2D eigenvalue weighted by atomic mass is 10.2. The van der Waals surface area contributed by atoms with Crippen molar-refractivity contribution in [2.45, 2.75) is 44.2 Å². The molecule has 110 valence electrons. The van der Waals surface area contributed by atoms with Gasteiger partial charge in [0.15, 0.2) is 9.84 Å². The lowest BCUT2D eigenvalue weighted by Crippen LogP contribution is -2.22. The van der Waals surface area contributed by atoms with Gasteiger partial charge in [0.2, 0.25) is 5.95 Å². The molecular formula is C13H20N4O2S. The number of nitrogens with zero attached hydrogens (tertiary/aromatic N) is 2. The summed E-state index contributed by atoms with van der Waals surface area (Å²) in [5.74, 6) is 1.76. The first-order chi connectivity index (χ1) is 9.61. The first-order valence-corrected chi connectivity index (χ1v) is 8.99. The third kappa shape index (κ3) is 3.39. The zero-order valence-electron chi connectivity index (χ0n) is 11.4. The van der Waals surface area contributed by atoms with E-state index in [-0.39, 0.29) is 17.5 Å². The number of aromatic nitrogens is 2. The van der Waals surface area contributed by atoms with Gasteiger partial charge >= 0.3 is 0 Å². The SMILES string of the molecule is O=S1(=O)CCC(Nc2nccc(NC3CCCC3)n2)C1. The molecule has 0 spiro atoms. The Hall–Kier alpha value is -1.37. The molecule has 1 atom stereocenters. The van der Waals surface area contributed by atoms with E-state index in [2.05, 4.69) is 20.6 Å². The third-order valence-corrected chi connectivity index (χ3v) is 5.70. The summed E-state index contributed by atoms with van der Waals surface area (Å²) in [5.41, 5.74) is 0. The molecule has 3 rings (SSSR count). The van der Waals surface area contributed by atoms with Gasteiger partial charge in [-0.25, -0.2) is 13.4 Å². The van der Waals surface area contributed by atoms with Gasteiger partial charge in [-0.1, -0.05) is 12.8 Å². The van der Waals surface area contributed by atoms with Crippen LogP contribution in [0.3, 0.4) is 0 Å². The van der Waals surface area contributed by atoms with Crippen molar-refractivity contribution in [3.63, 3.8) is 0 Å². The molecule has 1 aliphatic heterocycles. The summed E-state index contributed by atoms with van der Waals surface area (Å²) in [4.78, 5) is 8.59. The summed E-state index contributed by atoms with van der Waals surface area (Å²) >= 11 is 0. The van der Waals surface area contributed by atoms with Gasteiger partial charge in [0, 0.05) is 18.3 Å². The molecule has 0 aromatic carbocycles. The van der Waals surface area contributed by atoms with Crippen LogP contribution < -0.4 is 10.6 Å². The molecule has 20 heavy (non-hydrogen) atoms. The van der Waals surface area contributed by atoms with E-state index in [9.17, 15) is 8.42 Å². The lowest BCUT2D eigenvalue weighted by molar-refractivity contribution is 0.602. The van der Waals surface area contributed by atoms with Gasteiger partial charge in [0.25, 0.3) is 0 Å². The number of anilines is 2. The Morgan fingerprint density at radius 1 is 1.10 bits per heavy atom. The van der Waals surface area contributed by atoms with Crippen LogP contribution >= 0.6 is 0 Å². The molecule has 2 aliphatic rings. The standard InChI is InChI=1S/C13H20N4O2S/c18-20(19)8-6-11(9-20)16-13-14-7-5-12(17-13)15-10-3-1-2-4-10/h5,7,10-11H,1-4,6,8-9H2,(H2,14,15,16,17). The molecule has 6 nitrogen and oxygen atoms in total. The van der Waals surface area contributed by atoms with Crippen molar-refractivity contribution >= 4 is 21.6 Å². The van der Waals surface area contributed by atoms with Gasteiger partial charge in [-0.05, 0) is 25.3 Å². The van der Waals surface area contributed by atoms with Crippen LogP contribution in [-0.4, -0.2) is 42.0 Å². The lowest BCUT2D eigenvalue weighted by Gasteiger charge is -2.14. The topological polar surface area (TPSA) is 84.0 Å². The Bertz CT molecular complexity index is 569. The quantitative estimate of drug-likeness (QED) is 0.874. The average Bonchev–Trinajstić information content (AvgIpc) is 3.00. The van der Waals surface area contributed by atoms with Crippen molar-refractivity contribution in [2.24, 2.45) is 0 Å². The fraction of sp³-hybridized carbons (Fsp3) is 0.692. The summed E-state index contributed by atoms with van der Waals surface area (Å²) in [6.45, 7) is 0. The Balaban J connectivity index is 1.62. The van der Waals surface area contributed by atoms with Crippen LogP contribution in [0.4, 0.5) is 11.8 Å². The largest absolute Gasteiger partial charge is 0.367 e. The van der Waals surface area contributed by atoms with Crippen molar-refractivity contribution in [3.05, 3.63) is 12.3 Å². The molecule has 0 bridgehead atoms. The van der Waals surface area contributed by atoms with E-state index in [1.807, 2.05) is 6.07 Å². The van der Waals surface area contributed by atoms with E-state index in [0.29, 0.717) is 18.4 Å². The first kappa shape index (κ1) is 13.6. The zero-order valence-corrected chi connectivity index (χ0v) is 12.2. The van der Waals surface area contributed by atoms with Crippen molar-refractivity contribution < 1.29 is 8.42 Å².